The lowest BCUT2D eigenvalue weighted by Crippen LogP contribution is -2.32. The van der Waals surface area contributed by atoms with Crippen LogP contribution in [0.25, 0.3) is 6.08 Å². The Kier molecular flexibility index (Phi) is 6.24. The summed E-state index contributed by atoms with van der Waals surface area (Å²) in [5, 5.41) is 2.92. The molecule has 1 aliphatic heterocycles. The zero-order valence-electron chi connectivity index (χ0n) is 15.7. The fourth-order valence-electron chi connectivity index (χ4n) is 3.21. The van der Waals surface area contributed by atoms with E-state index in [9.17, 15) is 4.79 Å². The van der Waals surface area contributed by atoms with Crippen LogP contribution in [0.1, 0.15) is 36.5 Å². The summed E-state index contributed by atoms with van der Waals surface area (Å²) in [6, 6.07) is 16.3. The largest absolute Gasteiger partial charge is 0.323 e. The third-order valence-electron chi connectivity index (χ3n) is 5.01. The van der Waals surface area contributed by atoms with Crippen molar-refractivity contribution in [2.24, 2.45) is 5.92 Å². The monoisotopic (exact) mass is 348 g/mol. The van der Waals surface area contributed by atoms with Gasteiger partial charge in [-0.05, 0) is 68.1 Å². The van der Waals surface area contributed by atoms with Crippen LogP contribution >= 0.6 is 0 Å². The van der Waals surface area contributed by atoms with Gasteiger partial charge in [0.05, 0.1) is 0 Å². The normalized spacial score (nSPS) is 16.1. The number of hydrogen-bond acceptors (Lipinski definition) is 2. The van der Waals surface area contributed by atoms with Crippen molar-refractivity contribution in [2.45, 2.75) is 33.2 Å². The van der Waals surface area contributed by atoms with Gasteiger partial charge in [-0.1, -0.05) is 48.9 Å². The zero-order valence-corrected chi connectivity index (χ0v) is 15.7. The number of anilines is 1. The lowest BCUT2D eigenvalue weighted by Gasteiger charge is -2.30. The average Bonchev–Trinajstić information content (AvgIpc) is 2.65. The van der Waals surface area contributed by atoms with E-state index in [0.717, 1.165) is 23.7 Å². The molecule has 0 radical (unpaired) electrons. The smallest absolute Gasteiger partial charge is 0.248 e. The number of rotatable bonds is 5. The second-order valence-corrected chi connectivity index (χ2v) is 7.39. The van der Waals surface area contributed by atoms with E-state index in [1.165, 1.54) is 37.1 Å². The lowest BCUT2D eigenvalue weighted by molar-refractivity contribution is -0.111. The fraction of sp³-hybridized carbons (Fsp3) is 0.348. The maximum absolute atomic E-state index is 12.1. The Balaban J connectivity index is 1.50. The molecule has 1 amide bonds. The highest BCUT2D eigenvalue weighted by Gasteiger charge is 2.15. The highest BCUT2D eigenvalue weighted by Crippen LogP contribution is 2.19. The molecule has 26 heavy (non-hydrogen) atoms. The summed E-state index contributed by atoms with van der Waals surface area (Å²) in [4.78, 5) is 14.6. The van der Waals surface area contributed by atoms with E-state index in [4.69, 9.17) is 0 Å². The minimum atomic E-state index is -0.108. The Bertz CT molecular complexity index is 739. The van der Waals surface area contributed by atoms with E-state index in [0.29, 0.717) is 0 Å². The Morgan fingerprint density at radius 2 is 1.73 bits per heavy atom. The van der Waals surface area contributed by atoms with Crippen molar-refractivity contribution in [3.8, 4) is 0 Å². The molecule has 1 heterocycles. The number of aryl methyl sites for hydroxylation is 1. The molecule has 1 N–H and O–H groups in total. The minimum absolute atomic E-state index is 0.108. The van der Waals surface area contributed by atoms with E-state index in [2.05, 4.69) is 36.2 Å². The molecule has 3 rings (SSSR count). The molecule has 0 spiro atoms. The first-order valence-corrected chi connectivity index (χ1v) is 9.45. The summed E-state index contributed by atoms with van der Waals surface area (Å²) in [6.07, 6.45) is 6.00. The first kappa shape index (κ1) is 18.4. The topological polar surface area (TPSA) is 32.3 Å². The van der Waals surface area contributed by atoms with E-state index in [-0.39, 0.29) is 5.91 Å². The van der Waals surface area contributed by atoms with E-state index in [1.807, 2.05) is 42.5 Å². The average molecular weight is 348 g/mol. The summed E-state index contributed by atoms with van der Waals surface area (Å²) in [6.45, 7) is 7.75. The molecule has 0 saturated carbocycles. The van der Waals surface area contributed by atoms with Gasteiger partial charge in [-0.2, -0.15) is 0 Å². The van der Waals surface area contributed by atoms with E-state index < -0.39 is 0 Å². The highest BCUT2D eigenvalue weighted by molar-refractivity contribution is 6.01. The van der Waals surface area contributed by atoms with Gasteiger partial charge in [0.25, 0.3) is 0 Å². The van der Waals surface area contributed by atoms with Crippen molar-refractivity contribution in [1.29, 1.82) is 0 Å². The fourth-order valence-corrected chi connectivity index (χ4v) is 3.21. The molecule has 0 bridgehead atoms. The molecule has 0 aliphatic carbocycles. The van der Waals surface area contributed by atoms with Gasteiger partial charge in [-0.3, -0.25) is 9.69 Å². The molecule has 3 nitrogen and oxygen atoms in total. The Morgan fingerprint density at radius 3 is 2.38 bits per heavy atom. The van der Waals surface area contributed by atoms with Crippen molar-refractivity contribution >= 4 is 17.7 Å². The summed E-state index contributed by atoms with van der Waals surface area (Å²) in [5.41, 5.74) is 4.37. The van der Waals surface area contributed by atoms with Crippen LogP contribution in [0.5, 0.6) is 0 Å². The molecule has 0 aromatic heterocycles. The number of likely N-dealkylation sites (tertiary alicyclic amines) is 1. The van der Waals surface area contributed by atoms with Crippen LogP contribution in [-0.2, 0) is 11.3 Å². The molecule has 2 aromatic rings. The second kappa shape index (κ2) is 8.81. The van der Waals surface area contributed by atoms with Crippen LogP contribution in [-0.4, -0.2) is 23.9 Å². The van der Waals surface area contributed by atoms with Gasteiger partial charge in [0.15, 0.2) is 0 Å². The maximum Gasteiger partial charge on any atom is 0.248 e. The van der Waals surface area contributed by atoms with Crippen LogP contribution in [0.3, 0.4) is 0 Å². The van der Waals surface area contributed by atoms with Crippen molar-refractivity contribution in [2.75, 3.05) is 18.4 Å². The van der Waals surface area contributed by atoms with E-state index >= 15 is 0 Å². The van der Waals surface area contributed by atoms with Gasteiger partial charge in [0.2, 0.25) is 5.91 Å². The number of amides is 1. The molecule has 1 aliphatic rings. The number of hydrogen-bond donors (Lipinski definition) is 1. The number of nitrogens with one attached hydrogen (secondary N) is 1. The predicted molar refractivity (Wildman–Crippen MR) is 109 cm³/mol. The Morgan fingerprint density at radius 1 is 1.08 bits per heavy atom. The van der Waals surface area contributed by atoms with Crippen LogP contribution in [0.15, 0.2) is 54.6 Å². The predicted octanol–water partition coefficient (Wildman–Crippen LogP) is 4.88. The Labute approximate surface area is 156 Å². The Hall–Kier alpha value is -2.39. The van der Waals surface area contributed by atoms with Crippen LogP contribution < -0.4 is 5.32 Å². The van der Waals surface area contributed by atoms with Crippen molar-refractivity contribution in [3.05, 3.63) is 71.3 Å². The molecule has 2 aromatic carbocycles. The molecule has 0 atom stereocenters. The maximum atomic E-state index is 12.1. The molecule has 0 unspecified atom stereocenters. The number of benzene rings is 2. The molecule has 136 valence electrons. The highest BCUT2D eigenvalue weighted by atomic mass is 16.1. The summed E-state index contributed by atoms with van der Waals surface area (Å²) < 4.78 is 0. The zero-order chi connectivity index (χ0) is 18.4. The van der Waals surface area contributed by atoms with Gasteiger partial charge in [0, 0.05) is 18.3 Å². The first-order chi connectivity index (χ1) is 12.6. The molecule has 1 saturated heterocycles. The number of carbonyl (C=O) groups is 1. The van der Waals surface area contributed by atoms with Crippen molar-refractivity contribution in [1.82, 2.24) is 4.90 Å². The summed E-state index contributed by atoms with van der Waals surface area (Å²) in [7, 11) is 0. The van der Waals surface area contributed by atoms with Gasteiger partial charge >= 0.3 is 0 Å². The van der Waals surface area contributed by atoms with Crippen molar-refractivity contribution < 1.29 is 4.79 Å². The molecular weight excluding hydrogens is 320 g/mol. The van der Waals surface area contributed by atoms with Crippen molar-refractivity contribution in [3.63, 3.8) is 0 Å². The van der Waals surface area contributed by atoms with Gasteiger partial charge in [0.1, 0.15) is 0 Å². The minimum Gasteiger partial charge on any atom is -0.323 e. The number of piperidine rings is 1. The number of nitrogens with zero attached hydrogens (tertiary/aromatic N) is 1. The van der Waals surface area contributed by atoms with Crippen LogP contribution in [0, 0.1) is 12.8 Å². The van der Waals surface area contributed by atoms with Crippen LogP contribution in [0.2, 0.25) is 0 Å². The van der Waals surface area contributed by atoms with Gasteiger partial charge in [-0.15, -0.1) is 0 Å². The quantitative estimate of drug-likeness (QED) is 0.781. The third-order valence-corrected chi connectivity index (χ3v) is 5.01. The molecular formula is C23H28N2O. The lowest BCUT2D eigenvalue weighted by atomic mass is 9.99. The standard InChI is InChI=1S/C23H28N2O/c1-18-3-5-20(6-4-18)9-12-23(26)24-22-10-7-21(8-11-22)17-25-15-13-19(2)14-16-25/h3-12,19H,13-17H2,1-2H3,(H,24,26)/b12-9+. The summed E-state index contributed by atoms with van der Waals surface area (Å²) >= 11 is 0. The van der Waals surface area contributed by atoms with Gasteiger partial charge < -0.3 is 5.32 Å². The van der Waals surface area contributed by atoms with Gasteiger partial charge in [-0.25, -0.2) is 0 Å². The molecule has 3 heteroatoms. The number of carbonyl (C=O) groups excluding carboxylic acids is 1. The SMILES string of the molecule is Cc1ccc(/C=C/C(=O)Nc2ccc(CN3CCC(C)CC3)cc2)cc1. The first-order valence-electron chi connectivity index (χ1n) is 9.45. The van der Waals surface area contributed by atoms with E-state index in [1.54, 1.807) is 6.08 Å². The summed E-state index contributed by atoms with van der Waals surface area (Å²) in [5.74, 6) is 0.750. The second-order valence-electron chi connectivity index (χ2n) is 7.39. The third kappa shape index (κ3) is 5.57. The molecule has 1 fully saturated rings. The van der Waals surface area contributed by atoms with Crippen LogP contribution in [0.4, 0.5) is 5.69 Å².